The number of nitrogens with one attached hydrogen (secondary N) is 1. The van der Waals surface area contributed by atoms with Crippen LogP contribution in [0.25, 0.3) is 0 Å². The second-order valence-corrected chi connectivity index (χ2v) is 6.62. The van der Waals surface area contributed by atoms with Gasteiger partial charge in [-0.2, -0.15) is 0 Å². The van der Waals surface area contributed by atoms with E-state index in [4.69, 9.17) is 9.47 Å². The lowest BCUT2D eigenvalue weighted by molar-refractivity contribution is -0.113. The van der Waals surface area contributed by atoms with Gasteiger partial charge >= 0.3 is 0 Å². The van der Waals surface area contributed by atoms with E-state index in [9.17, 15) is 4.79 Å². The van der Waals surface area contributed by atoms with Crippen LogP contribution in [0.1, 0.15) is 16.7 Å². The molecule has 120 valence electrons. The van der Waals surface area contributed by atoms with Crippen molar-refractivity contribution in [1.29, 1.82) is 0 Å². The van der Waals surface area contributed by atoms with Gasteiger partial charge in [-0.3, -0.25) is 4.79 Å². The first-order valence-electron chi connectivity index (χ1n) is 7.43. The van der Waals surface area contributed by atoms with E-state index in [1.54, 1.807) is 23.9 Å². The number of hydrogen-bond acceptors (Lipinski definition) is 4. The molecule has 0 aromatic heterocycles. The molecule has 1 N–H and O–H groups in total. The third-order valence-corrected chi connectivity index (χ3v) is 4.95. The van der Waals surface area contributed by atoms with Crippen molar-refractivity contribution in [3.63, 3.8) is 0 Å². The lowest BCUT2D eigenvalue weighted by atomic mass is 10.1. The number of benzene rings is 2. The molecule has 3 rings (SSSR count). The molecule has 0 spiro atoms. The number of amides is 1. The third kappa shape index (κ3) is 3.62. The Morgan fingerprint density at radius 1 is 1.09 bits per heavy atom. The molecule has 0 radical (unpaired) electrons. The van der Waals surface area contributed by atoms with Gasteiger partial charge in [-0.1, -0.05) is 17.7 Å². The lowest BCUT2D eigenvalue weighted by Crippen LogP contribution is -2.14. The van der Waals surface area contributed by atoms with E-state index in [0.29, 0.717) is 17.3 Å². The molecule has 0 fully saturated rings. The molecule has 1 amide bonds. The summed E-state index contributed by atoms with van der Waals surface area (Å²) in [4.78, 5) is 13.3. The monoisotopic (exact) mass is 329 g/mol. The molecule has 1 aliphatic heterocycles. The minimum Gasteiger partial charge on any atom is -0.454 e. The lowest BCUT2D eigenvalue weighted by Gasteiger charge is -2.11. The van der Waals surface area contributed by atoms with Crippen molar-refractivity contribution in [2.45, 2.75) is 25.7 Å². The van der Waals surface area contributed by atoms with Crippen LogP contribution in [-0.2, 0) is 4.79 Å². The number of carbonyl (C=O) groups is 1. The summed E-state index contributed by atoms with van der Waals surface area (Å²) in [6, 6.07) is 9.70. The van der Waals surface area contributed by atoms with Crippen molar-refractivity contribution in [2.75, 3.05) is 17.9 Å². The smallest absolute Gasteiger partial charge is 0.234 e. The number of carbonyl (C=O) groups excluding carboxylic acids is 1. The van der Waals surface area contributed by atoms with Crippen LogP contribution in [0.3, 0.4) is 0 Å². The maximum Gasteiger partial charge on any atom is 0.234 e. The molecular formula is C18H19NO3S. The van der Waals surface area contributed by atoms with Gasteiger partial charge in [0.2, 0.25) is 12.7 Å². The van der Waals surface area contributed by atoms with Gasteiger partial charge in [-0.15, -0.1) is 11.8 Å². The van der Waals surface area contributed by atoms with Gasteiger partial charge in [0.25, 0.3) is 0 Å². The Labute approximate surface area is 140 Å². The summed E-state index contributed by atoms with van der Waals surface area (Å²) in [7, 11) is 0. The first-order valence-corrected chi connectivity index (χ1v) is 8.41. The molecule has 5 heteroatoms. The van der Waals surface area contributed by atoms with Crippen LogP contribution in [0.15, 0.2) is 35.2 Å². The highest BCUT2D eigenvalue weighted by atomic mass is 32.2. The molecule has 0 atom stereocenters. The minimum absolute atomic E-state index is 0.0340. The zero-order valence-corrected chi connectivity index (χ0v) is 14.3. The average Bonchev–Trinajstić information content (AvgIpc) is 2.93. The molecule has 1 heterocycles. The van der Waals surface area contributed by atoms with E-state index in [-0.39, 0.29) is 12.7 Å². The number of fused-ring (bicyclic) bond motifs is 1. The molecule has 4 nitrogen and oxygen atoms in total. The third-order valence-electron chi connectivity index (χ3n) is 3.61. The summed E-state index contributed by atoms with van der Waals surface area (Å²) >= 11 is 1.57. The Balaban J connectivity index is 1.62. The van der Waals surface area contributed by atoms with Gasteiger partial charge in [0, 0.05) is 16.6 Å². The van der Waals surface area contributed by atoms with E-state index < -0.39 is 0 Å². The molecule has 1 aliphatic rings. The van der Waals surface area contributed by atoms with Crippen molar-refractivity contribution in [3.05, 3.63) is 47.0 Å². The number of hydrogen-bond donors (Lipinski definition) is 1. The summed E-state index contributed by atoms with van der Waals surface area (Å²) in [5, 5.41) is 2.90. The van der Waals surface area contributed by atoms with E-state index in [1.807, 2.05) is 6.07 Å². The summed E-state index contributed by atoms with van der Waals surface area (Å²) in [5.74, 6) is 1.72. The number of thioether (sulfide) groups is 1. The highest BCUT2D eigenvalue weighted by molar-refractivity contribution is 8.00. The summed E-state index contributed by atoms with van der Waals surface area (Å²) in [6.07, 6.45) is 0. The molecule has 2 aromatic carbocycles. The van der Waals surface area contributed by atoms with Crippen LogP contribution in [0.2, 0.25) is 0 Å². The fourth-order valence-corrected chi connectivity index (χ4v) is 3.62. The Kier molecular flexibility index (Phi) is 4.48. The van der Waals surface area contributed by atoms with Gasteiger partial charge in [0.15, 0.2) is 11.5 Å². The van der Waals surface area contributed by atoms with Crippen molar-refractivity contribution in [2.24, 2.45) is 0 Å². The van der Waals surface area contributed by atoms with Crippen molar-refractivity contribution >= 4 is 23.4 Å². The molecule has 0 saturated carbocycles. The van der Waals surface area contributed by atoms with Crippen LogP contribution >= 0.6 is 11.8 Å². The standard InChI is InChI=1S/C18H19NO3S/c1-11-6-12(2)18(13(3)7-11)23-9-17(20)19-14-4-5-15-16(8-14)22-10-21-15/h4-8H,9-10H2,1-3H3,(H,19,20). The van der Waals surface area contributed by atoms with E-state index in [2.05, 4.69) is 38.2 Å². The Bertz CT molecular complexity index is 735. The zero-order chi connectivity index (χ0) is 16.4. The minimum atomic E-state index is -0.0340. The first kappa shape index (κ1) is 15.7. The maximum atomic E-state index is 12.2. The Morgan fingerprint density at radius 2 is 1.78 bits per heavy atom. The number of anilines is 1. The van der Waals surface area contributed by atoms with Crippen molar-refractivity contribution in [1.82, 2.24) is 0 Å². The quantitative estimate of drug-likeness (QED) is 0.859. The summed E-state index contributed by atoms with van der Waals surface area (Å²) in [5.41, 5.74) is 4.39. The Morgan fingerprint density at radius 3 is 2.52 bits per heavy atom. The van der Waals surface area contributed by atoms with Crippen molar-refractivity contribution < 1.29 is 14.3 Å². The normalized spacial score (nSPS) is 12.3. The number of ether oxygens (including phenoxy) is 2. The number of aryl methyl sites for hydroxylation is 3. The SMILES string of the molecule is Cc1cc(C)c(SCC(=O)Nc2ccc3c(c2)OCO3)c(C)c1. The predicted molar refractivity (Wildman–Crippen MR) is 92.6 cm³/mol. The van der Waals surface area contributed by atoms with Crippen LogP contribution in [0.5, 0.6) is 11.5 Å². The molecule has 0 unspecified atom stereocenters. The molecule has 0 aliphatic carbocycles. The molecule has 2 aromatic rings. The van der Waals surface area contributed by atoms with Gasteiger partial charge in [-0.05, 0) is 44.0 Å². The molecule has 0 bridgehead atoms. The van der Waals surface area contributed by atoms with E-state index in [0.717, 1.165) is 5.69 Å². The van der Waals surface area contributed by atoms with Gasteiger partial charge in [0.05, 0.1) is 5.75 Å². The zero-order valence-electron chi connectivity index (χ0n) is 13.4. The predicted octanol–water partition coefficient (Wildman–Crippen LogP) is 4.07. The van der Waals surface area contributed by atoms with E-state index >= 15 is 0 Å². The van der Waals surface area contributed by atoms with E-state index in [1.165, 1.54) is 21.6 Å². The number of rotatable bonds is 4. The van der Waals surface area contributed by atoms with Crippen LogP contribution < -0.4 is 14.8 Å². The fraction of sp³-hybridized carbons (Fsp3) is 0.278. The van der Waals surface area contributed by atoms with Crippen LogP contribution in [-0.4, -0.2) is 18.5 Å². The molecular weight excluding hydrogens is 310 g/mol. The second-order valence-electron chi connectivity index (χ2n) is 5.63. The van der Waals surface area contributed by atoms with Crippen LogP contribution in [0, 0.1) is 20.8 Å². The fourth-order valence-electron chi connectivity index (χ4n) is 2.70. The molecule has 0 saturated heterocycles. The summed E-state index contributed by atoms with van der Waals surface area (Å²) < 4.78 is 10.6. The van der Waals surface area contributed by atoms with Crippen LogP contribution in [0.4, 0.5) is 5.69 Å². The topological polar surface area (TPSA) is 47.6 Å². The highest BCUT2D eigenvalue weighted by Gasteiger charge is 2.14. The first-order chi connectivity index (χ1) is 11.0. The second kappa shape index (κ2) is 6.54. The Hall–Kier alpha value is -2.14. The van der Waals surface area contributed by atoms with Crippen molar-refractivity contribution in [3.8, 4) is 11.5 Å². The van der Waals surface area contributed by atoms with Gasteiger partial charge in [-0.25, -0.2) is 0 Å². The highest BCUT2D eigenvalue weighted by Crippen LogP contribution is 2.34. The van der Waals surface area contributed by atoms with Gasteiger partial charge < -0.3 is 14.8 Å². The summed E-state index contributed by atoms with van der Waals surface area (Å²) in [6.45, 7) is 6.48. The molecule has 23 heavy (non-hydrogen) atoms. The maximum absolute atomic E-state index is 12.2. The largest absolute Gasteiger partial charge is 0.454 e. The average molecular weight is 329 g/mol. The van der Waals surface area contributed by atoms with Gasteiger partial charge in [0.1, 0.15) is 0 Å².